The smallest absolute Gasteiger partial charge is 0.151 e. The van der Waals surface area contributed by atoms with Gasteiger partial charge in [0.05, 0.1) is 0 Å². The van der Waals surface area contributed by atoms with Crippen LogP contribution in [-0.4, -0.2) is 6.29 Å². The minimum atomic E-state index is 0.614. The Hall–Kier alpha value is -1.61. The van der Waals surface area contributed by atoms with Gasteiger partial charge in [0.25, 0.3) is 0 Å². The highest BCUT2D eigenvalue weighted by Crippen LogP contribution is 2.27. The van der Waals surface area contributed by atoms with E-state index in [0.29, 0.717) is 11.3 Å². The van der Waals surface area contributed by atoms with Gasteiger partial charge in [0.2, 0.25) is 0 Å². The number of benzene rings is 2. The van der Waals surface area contributed by atoms with E-state index in [9.17, 15) is 4.79 Å². The minimum Gasteiger partial charge on any atom is -0.457 e. The van der Waals surface area contributed by atoms with Crippen molar-refractivity contribution >= 4 is 22.2 Å². The zero-order valence-corrected chi connectivity index (χ0v) is 11.8. The van der Waals surface area contributed by atoms with Crippen LogP contribution in [-0.2, 0) is 0 Å². The molecule has 2 aromatic carbocycles. The highest BCUT2D eigenvalue weighted by atomic mass is 79.9. The number of hydrogen-bond acceptors (Lipinski definition) is 2. The van der Waals surface area contributed by atoms with Gasteiger partial charge in [-0.1, -0.05) is 6.07 Å². The van der Waals surface area contributed by atoms with Crippen LogP contribution in [0.5, 0.6) is 11.5 Å². The Morgan fingerprint density at radius 1 is 1.00 bits per heavy atom. The third-order valence-electron chi connectivity index (χ3n) is 2.53. The molecule has 0 radical (unpaired) electrons. The third kappa shape index (κ3) is 2.99. The first-order chi connectivity index (χ1) is 8.58. The number of aryl methyl sites for hydroxylation is 2. The van der Waals surface area contributed by atoms with E-state index in [-0.39, 0.29) is 0 Å². The third-order valence-corrected chi connectivity index (χ3v) is 3.22. The van der Waals surface area contributed by atoms with E-state index in [1.165, 1.54) is 0 Å². The molecule has 0 bridgehead atoms. The van der Waals surface area contributed by atoms with Gasteiger partial charge in [0.15, 0.2) is 6.29 Å². The van der Waals surface area contributed by atoms with Gasteiger partial charge in [-0.3, -0.25) is 4.79 Å². The molecule has 3 heteroatoms. The fourth-order valence-electron chi connectivity index (χ4n) is 1.79. The molecular formula is C15H13BrO2. The molecule has 0 aliphatic rings. The second-order valence-electron chi connectivity index (χ2n) is 4.23. The van der Waals surface area contributed by atoms with Crippen LogP contribution >= 0.6 is 15.9 Å². The highest BCUT2D eigenvalue weighted by molar-refractivity contribution is 9.10. The topological polar surface area (TPSA) is 26.3 Å². The normalized spacial score (nSPS) is 10.2. The lowest BCUT2D eigenvalue weighted by molar-refractivity contribution is 0.112. The first kappa shape index (κ1) is 12.8. The van der Waals surface area contributed by atoms with E-state index in [1.54, 1.807) is 18.2 Å². The van der Waals surface area contributed by atoms with Crippen molar-refractivity contribution in [2.45, 2.75) is 13.8 Å². The molecular weight excluding hydrogens is 292 g/mol. The molecule has 2 rings (SSSR count). The Labute approximate surface area is 115 Å². The van der Waals surface area contributed by atoms with Gasteiger partial charge in [0, 0.05) is 10.0 Å². The molecule has 0 amide bonds. The maximum Gasteiger partial charge on any atom is 0.151 e. The Kier molecular flexibility index (Phi) is 3.82. The van der Waals surface area contributed by atoms with Crippen LogP contribution in [0.4, 0.5) is 0 Å². The summed E-state index contributed by atoms with van der Waals surface area (Å²) in [6.07, 6.45) is 0.810. The number of hydrogen-bond donors (Lipinski definition) is 0. The fraction of sp³-hybridized carbons (Fsp3) is 0.133. The molecule has 0 aliphatic carbocycles. The maximum atomic E-state index is 10.7. The minimum absolute atomic E-state index is 0.614. The predicted octanol–water partition coefficient (Wildman–Crippen LogP) is 4.67. The largest absolute Gasteiger partial charge is 0.457 e. The van der Waals surface area contributed by atoms with E-state index < -0.39 is 0 Å². The average molecular weight is 305 g/mol. The van der Waals surface area contributed by atoms with Crippen molar-refractivity contribution in [1.82, 2.24) is 0 Å². The molecule has 18 heavy (non-hydrogen) atoms. The Morgan fingerprint density at radius 3 is 2.22 bits per heavy atom. The van der Waals surface area contributed by atoms with Crippen molar-refractivity contribution in [2.24, 2.45) is 0 Å². The molecule has 0 unspecified atom stereocenters. The molecule has 0 heterocycles. The fourth-order valence-corrected chi connectivity index (χ4v) is 2.25. The van der Waals surface area contributed by atoms with Crippen LogP contribution in [0.3, 0.4) is 0 Å². The second-order valence-corrected chi connectivity index (χ2v) is 5.08. The Morgan fingerprint density at radius 2 is 1.67 bits per heavy atom. The molecule has 2 nitrogen and oxygen atoms in total. The first-order valence-corrected chi connectivity index (χ1v) is 6.38. The average Bonchev–Trinajstić information content (AvgIpc) is 2.27. The maximum absolute atomic E-state index is 10.7. The van der Waals surface area contributed by atoms with Gasteiger partial charge in [0.1, 0.15) is 11.5 Å². The van der Waals surface area contributed by atoms with Gasteiger partial charge in [-0.2, -0.15) is 0 Å². The molecule has 0 atom stereocenters. The summed E-state index contributed by atoms with van der Waals surface area (Å²) in [5, 5.41) is 0. The van der Waals surface area contributed by atoms with Crippen molar-refractivity contribution in [3.05, 3.63) is 57.6 Å². The zero-order valence-electron chi connectivity index (χ0n) is 10.2. The van der Waals surface area contributed by atoms with Crippen LogP contribution in [0.25, 0.3) is 0 Å². The zero-order chi connectivity index (χ0) is 13.1. The summed E-state index contributed by atoms with van der Waals surface area (Å²) in [7, 11) is 0. The van der Waals surface area contributed by atoms with E-state index >= 15 is 0 Å². The molecule has 0 fully saturated rings. The Bertz CT molecular complexity index is 571. The summed E-state index contributed by atoms with van der Waals surface area (Å²) in [5.74, 6) is 1.51. The van der Waals surface area contributed by atoms with Crippen molar-refractivity contribution in [1.29, 1.82) is 0 Å². The van der Waals surface area contributed by atoms with Crippen molar-refractivity contribution in [3.8, 4) is 11.5 Å². The number of rotatable bonds is 3. The number of carbonyl (C=O) groups is 1. The van der Waals surface area contributed by atoms with Gasteiger partial charge in [-0.05, 0) is 71.2 Å². The lowest BCUT2D eigenvalue weighted by Gasteiger charge is -2.08. The van der Waals surface area contributed by atoms with E-state index in [1.807, 2.05) is 26.0 Å². The number of carbonyl (C=O) groups excluding carboxylic acids is 1. The number of halogens is 1. The monoisotopic (exact) mass is 304 g/mol. The van der Waals surface area contributed by atoms with Crippen LogP contribution in [0.1, 0.15) is 21.5 Å². The summed E-state index contributed by atoms with van der Waals surface area (Å²) in [6.45, 7) is 4.07. The van der Waals surface area contributed by atoms with Gasteiger partial charge in [-0.25, -0.2) is 0 Å². The lowest BCUT2D eigenvalue weighted by atomic mass is 10.1. The van der Waals surface area contributed by atoms with E-state index in [0.717, 1.165) is 27.6 Å². The van der Waals surface area contributed by atoms with Crippen molar-refractivity contribution in [3.63, 3.8) is 0 Å². The molecule has 0 spiro atoms. The van der Waals surface area contributed by atoms with Gasteiger partial charge >= 0.3 is 0 Å². The molecule has 0 aliphatic heterocycles. The molecule has 0 N–H and O–H groups in total. The van der Waals surface area contributed by atoms with Gasteiger partial charge < -0.3 is 4.74 Å². The predicted molar refractivity (Wildman–Crippen MR) is 75.5 cm³/mol. The SMILES string of the molecule is Cc1cc(C)cc(Oc2ccc(C=O)c(Br)c2)c1. The highest BCUT2D eigenvalue weighted by Gasteiger charge is 2.03. The molecule has 0 saturated carbocycles. The second kappa shape index (κ2) is 5.36. The van der Waals surface area contributed by atoms with Crippen molar-refractivity contribution < 1.29 is 9.53 Å². The summed E-state index contributed by atoms with van der Waals surface area (Å²) < 4.78 is 6.51. The summed E-state index contributed by atoms with van der Waals surface area (Å²) in [6, 6.07) is 11.4. The van der Waals surface area contributed by atoms with Crippen LogP contribution in [0.15, 0.2) is 40.9 Å². The van der Waals surface area contributed by atoms with Gasteiger partial charge in [-0.15, -0.1) is 0 Å². The summed E-state index contributed by atoms with van der Waals surface area (Å²) >= 11 is 3.34. The summed E-state index contributed by atoms with van der Waals surface area (Å²) in [5.41, 5.74) is 2.94. The van der Waals surface area contributed by atoms with E-state index in [2.05, 4.69) is 22.0 Å². The van der Waals surface area contributed by atoms with Crippen LogP contribution < -0.4 is 4.74 Å². The van der Waals surface area contributed by atoms with E-state index in [4.69, 9.17) is 4.74 Å². The molecule has 2 aromatic rings. The molecule has 92 valence electrons. The quantitative estimate of drug-likeness (QED) is 0.770. The number of ether oxygens (including phenoxy) is 1. The lowest BCUT2D eigenvalue weighted by Crippen LogP contribution is -1.88. The molecule has 0 saturated heterocycles. The first-order valence-electron chi connectivity index (χ1n) is 5.59. The number of aldehydes is 1. The van der Waals surface area contributed by atoms with Crippen LogP contribution in [0, 0.1) is 13.8 Å². The Balaban J connectivity index is 2.28. The standard InChI is InChI=1S/C15H13BrO2/c1-10-5-11(2)7-14(6-10)18-13-4-3-12(9-17)15(16)8-13/h3-9H,1-2H3. The van der Waals surface area contributed by atoms with Crippen LogP contribution in [0.2, 0.25) is 0 Å². The summed E-state index contributed by atoms with van der Waals surface area (Å²) in [4.78, 5) is 10.7. The van der Waals surface area contributed by atoms with Crippen molar-refractivity contribution in [2.75, 3.05) is 0 Å². The molecule has 0 aromatic heterocycles.